The summed E-state index contributed by atoms with van der Waals surface area (Å²) in [6.45, 7) is 0.341. The fourth-order valence-electron chi connectivity index (χ4n) is 2.60. The molecule has 1 aromatic heterocycles. The predicted octanol–water partition coefficient (Wildman–Crippen LogP) is 3.31. The largest absolute Gasteiger partial charge is 0.360 e. The first-order valence-corrected chi connectivity index (χ1v) is 7.13. The molecule has 108 valence electrons. The SMILES string of the molecule is C#CCN[C@H](C(=O)c1c[nH]c2ccccc12)c1ccccc1. The summed E-state index contributed by atoms with van der Waals surface area (Å²) in [6, 6.07) is 17.0. The van der Waals surface area contributed by atoms with Gasteiger partial charge in [-0.05, 0) is 11.6 Å². The van der Waals surface area contributed by atoms with E-state index in [-0.39, 0.29) is 5.78 Å². The number of benzene rings is 2. The summed E-state index contributed by atoms with van der Waals surface area (Å²) in [5.74, 6) is 2.55. The maximum absolute atomic E-state index is 13.0. The molecule has 0 saturated carbocycles. The van der Waals surface area contributed by atoms with E-state index in [0.29, 0.717) is 12.1 Å². The van der Waals surface area contributed by atoms with E-state index in [0.717, 1.165) is 16.5 Å². The second-order valence-electron chi connectivity index (χ2n) is 5.04. The van der Waals surface area contributed by atoms with Gasteiger partial charge in [-0.3, -0.25) is 10.1 Å². The lowest BCUT2D eigenvalue weighted by atomic mass is 9.97. The quantitative estimate of drug-likeness (QED) is 0.559. The molecule has 2 aromatic carbocycles. The molecule has 3 heteroatoms. The summed E-state index contributed by atoms with van der Waals surface area (Å²) in [5.41, 5.74) is 2.54. The van der Waals surface area contributed by atoms with Crippen LogP contribution in [0.5, 0.6) is 0 Å². The van der Waals surface area contributed by atoms with E-state index in [1.807, 2.05) is 54.6 Å². The Morgan fingerprint density at radius 2 is 1.86 bits per heavy atom. The Hall–Kier alpha value is -2.83. The predicted molar refractivity (Wildman–Crippen MR) is 88.6 cm³/mol. The van der Waals surface area contributed by atoms with Gasteiger partial charge in [0, 0.05) is 22.7 Å². The van der Waals surface area contributed by atoms with Crippen molar-refractivity contribution >= 4 is 16.7 Å². The number of nitrogens with one attached hydrogen (secondary N) is 2. The zero-order valence-electron chi connectivity index (χ0n) is 12.0. The Bertz CT molecular complexity index is 827. The molecule has 0 unspecified atom stereocenters. The van der Waals surface area contributed by atoms with E-state index in [9.17, 15) is 4.79 Å². The highest BCUT2D eigenvalue weighted by molar-refractivity contribution is 6.10. The Morgan fingerprint density at radius 3 is 2.64 bits per heavy atom. The number of carbonyl (C=O) groups is 1. The second kappa shape index (κ2) is 6.30. The highest BCUT2D eigenvalue weighted by Gasteiger charge is 2.23. The molecule has 2 N–H and O–H groups in total. The van der Waals surface area contributed by atoms with Gasteiger partial charge in [-0.2, -0.15) is 0 Å². The zero-order chi connectivity index (χ0) is 15.4. The highest BCUT2D eigenvalue weighted by atomic mass is 16.1. The van der Waals surface area contributed by atoms with Crippen LogP contribution in [-0.4, -0.2) is 17.3 Å². The molecule has 0 fully saturated rings. The Balaban J connectivity index is 2.00. The average Bonchev–Trinajstić information content (AvgIpc) is 3.00. The fraction of sp³-hybridized carbons (Fsp3) is 0.105. The summed E-state index contributed by atoms with van der Waals surface area (Å²) in [4.78, 5) is 16.1. The molecule has 1 heterocycles. The van der Waals surface area contributed by atoms with Crippen LogP contribution in [0.3, 0.4) is 0 Å². The number of fused-ring (bicyclic) bond motifs is 1. The summed E-state index contributed by atoms with van der Waals surface area (Å²) in [7, 11) is 0. The van der Waals surface area contributed by atoms with Crippen molar-refractivity contribution in [3.05, 3.63) is 71.9 Å². The number of terminal acetylenes is 1. The van der Waals surface area contributed by atoms with Gasteiger partial charge in [-0.25, -0.2) is 0 Å². The minimum absolute atomic E-state index is 0.0129. The van der Waals surface area contributed by atoms with Crippen molar-refractivity contribution in [3.8, 4) is 12.3 Å². The van der Waals surface area contributed by atoms with Crippen LogP contribution in [0.4, 0.5) is 0 Å². The van der Waals surface area contributed by atoms with Crippen LogP contribution in [0.15, 0.2) is 60.8 Å². The second-order valence-corrected chi connectivity index (χ2v) is 5.04. The molecular weight excluding hydrogens is 272 g/mol. The molecule has 3 rings (SSSR count). The van der Waals surface area contributed by atoms with Crippen molar-refractivity contribution in [3.63, 3.8) is 0 Å². The lowest BCUT2D eigenvalue weighted by Crippen LogP contribution is -2.29. The molecule has 3 nitrogen and oxygen atoms in total. The van der Waals surface area contributed by atoms with Crippen molar-refractivity contribution < 1.29 is 4.79 Å². The number of aromatic amines is 1. The van der Waals surface area contributed by atoms with Crippen LogP contribution in [0.25, 0.3) is 10.9 Å². The number of carbonyl (C=O) groups excluding carboxylic acids is 1. The van der Waals surface area contributed by atoms with Gasteiger partial charge in [0.05, 0.1) is 12.6 Å². The van der Waals surface area contributed by atoms with Gasteiger partial charge in [-0.1, -0.05) is 54.5 Å². The minimum Gasteiger partial charge on any atom is -0.360 e. The van der Waals surface area contributed by atoms with Crippen LogP contribution in [0.1, 0.15) is 22.0 Å². The molecule has 1 atom stereocenters. The number of Topliss-reactive ketones (excluding diaryl/α,β-unsaturated/α-hetero) is 1. The summed E-state index contributed by atoms with van der Waals surface area (Å²) in [6.07, 6.45) is 7.10. The van der Waals surface area contributed by atoms with Gasteiger partial charge in [0.1, 0.15) is 0 Å². The van der Waals surface area contributed by atoms with E-state index >= 15 is 0 Å². The molecule has 0 amide bonds. The van der Waals surface area contributed by atoms with Crippen molar-refractivity contribution in [1.29, 1.82) is 0 Å². The average molecular weight is 288 g/mol. The topological polar surface area (TPSA) is 44.9 Å². The van der Waals surface area contributed by atoms with Crippen molar-refractivity contribution in [2.75, 3.05) is 6.54 Å². The Labute approximate surface area is 129 Å². The molecule has 3 aromatic rings. The smallest absolute Gasteiger partial charge is 0.186 e. The molecule has 0 aliphatic rings. The number of hydrogen-bond donors (Lipinski definition) is 2. The first-order valence-electron chi connectivity index (χ1n) is 7.13. The number of aromatic nitrogens is 1. The van der Waals surface area contributed by atoms with E-state index < -0.39 is 6.04 Å². The highest BCUT2D eigenvalue weighted by Crippen LogP contribution is 2.24. The van der Waals surface area contributed by atoms with Crippen molar-refractivity contribution in [1.82, 2.24) is 10.3 Å². The van der Waals surface area contributed by atoms with Gasteiger partial charge >= 0.3 is 0 Å². The molecule has 0 aliphatic carbocycles. The van der Waals surface area contributed by atoms with Gasteiger partial charge in [0.25, 0.3) is 0 Å². The maximum atomic E-state index is 13.0. The molecule has 0 saturated heterocycles. The molecule has 0 radical (unpaired) electrons. The summed E-state index contributed by atoms with van der Waals surface area (Å²) >= 11 is 0. The van der Waals surface area contributed by atoms with Crippen LogP contribution in [0.2, 0.25) is 0 Å². The monoisotopic (exact) mass is 288 g/mol. The van der Waals surface area contributed by atoms with Crippen LogP contribution in [0, 0.1) is 12.3 Å². The molecular formula is C19H16N2O. The van der Waals surface area contributed by atoms with Crippen LogP contribution < -0.4 is 5.32 Å². The fourth-order valence-corrected chi connectivity index (χ4v) is 2.60. The van der Waals surface area contributed by atoms with Crippen LogP contribution in [-0.2, 0) is 0 Å². The zero-order valence-corrected chi connectivity index (χ0v) is 12.0. The lowest BCUT2D eigenvalue weighted by molar-refractivity contribution is 0.0947. The van der Waals surface area contributed by atoms with Crippen LogP contribution >= 0.6 is 0 Å². The van der Waals surface area contributed by atoms with E-state index in [1.165, 1.54) is 0 Å². The lowest BCUT2D eigenvalue weighted by Gasteiger charge is -2.16. The molecule has 0 aliphatic heterocycles. The normalized spacial score (nSPS) is 12.0. The maximum Gasteiger partial charge on any atom is 0.186 e. The van der Waals surface area contributed by atoms with E-state index in [4.69, 9.17) is 6.42 Å². The van der Waals surface area contributed by atoms with Gasteiger partial charge in [-0.15, -0.1) is 6.42 Å². The first-order chi connectivity index (χ1) is 10.8. The van der Waals surface area contributed by atoms with E-state index in [2.05, 4.69) is 16.2 Å². The summed E-state index contributed by atoms with van der Waals surface area (Å²) < 4.78 is 0. The number of rotatable bonds is 5. The number of H-pyrrole nitrogens is 1. The number of hydrogen-bond acceptors (Lipinski definition) is 2. The van der Waals surface area contributed by atoms with Gasteiger partial charge < -0.3 is 4.98 Å². The van der Waals surface area contributed by atoms with Crippen molar-refractivity contribution in [2.24, 2.45) is 0 Å². The van der Waals surface area contributed by atoms with E-state index in [1.54, 1.807) is 6.20 Å². The first kappa shape index (κ1) is 14.1. The van der Waals surface area contributed by atoms with Crippen molar-refractivity contribution in [2.45, 2.75) is 6.04 Å². The Kier molecular flexibility index (Phi) is 4.04. The number of ketones is 1. The standard InChI is InChI=1S/C19H16N2O/c1-2-12-20-18(14-8-4-3-5-9-14)19(22)16-13-21-17-11-7-6-10-15(16)17/h1,3-11,13,18,20-21H,12H2/t18-/m0/s1. The molecule has 0 bridgehead atoms. The summed E-state index contributed by atoms with van der Waals surface area (Å²) in [5, 5.41) is 4.07. The molecule has 22 heavy (non-hydrogen) atoms. The minimum atomic E-state index is -0.448. The third-order valence-corrected chi connectivity index (χ3v) is 3.66. The van der Waals surface area contributed by atoms with Gasteiger partial charge in [0.2, 0.25) is 0 Å². The number of para-hydroxylation sites is 1. The van der Waals surface area contributed by atoms with Gasteiger partial charge in [0.15, 0.2) is 5.78 Å². The third kappa shape index (κ3) is 2.65. The molecule has 0 spiro atoms. The third-order valence-electron chi connectivity index (χ3n) is 3.66. The Morgan fingerprint density at radius 1 is 1.14 bits per heavy atom.